The van der Waals surface area contributed by atoms with Crippen LogP contribution in [0.1, 0.15) is 48.8 Å². The third-order valence-corrected chi connectivity index (χ3v) is 11.9. The van der Waals surface area contributed by atoms with Crippen molar-refractivity contribution in [1.29, 1.82) is 0 Å². The number of ether oxygens (including phenoxy) is 1. The molecule has 0 saturated heterocycles. The van der Waals surface area contributed by atoms with E-state index in [2.05, 4.69) is 21.2 Å². The van der Waals surface area contributed by atoms with Crippen LogP contribution in [-0.2, 0) is 32.6 Å². The van der Waals surface area contributed by atoms with Gasteiger partial charge in [-0.25, -0.2) is 8.42 Å². The Hall–Kier alpha value is -3.57. The summed E-state index contributed by atoms with van der Waals surface area (Å²) in [5.74, 6) is -0.420. The van der Waals surface area contributed by atoms with Crippen LogP contribution in [0.3, 0.4) is 0 Å². The minimum atomic E-state index is -4.30. The van der Waals surface area contributed by atoms with Gasteiger partial charge in [0.1, 0.15) is 18.3 Å². The molecule has 1 aliphatic carbocycles. The number of rotatable bonds is 13. The van der Waals surface area contributed by atoms with Crippen LogP contribution >= 0.6 is 39.1 Å². The minimum absolute atomic E-state index is 0.0106. The molecule has 1 N–H and O–H groups in total. The second kappa shape index (κ2) is 17.1. The zero-order valence-corrected chi connectivity index (χ0v) is 31.9. The second-order valence-electron chi connectivity index (χ2n) is 12.4. The van der Waals surface area contributed by atoms with Crippen LogP contribution in [0.2, 0.25) is 10.0 Å². The Kier molecular flexibility index (Phi) is 12.9. The van der Waals surface area contributed by atoms with Gasteiger partial charge < -0.3 is 15.0 Å². The zero-order chi connectivity index (χ0) is 35.8. The number of benzene rings is 4. The predicted octanol–water partition coefficient (Wildman–Crippen LogP) is 8.36. The van der Waals surface area contributed by atoms with E-state index in [9.17, 15) is 18.0 Å². The van der Waals surface area contributed by atoms with E-state index in [0.717, 1.165) is 47.5 Å². The molecule has 1 saturated carbocycles. The Morgan fingerprint density at radius 3 is 2.28 bits per heavy atom. The second-order valence-corrected chi connectivity index (χ2v) is 16.0. The number of nitrogens with zero attached hydrogens (tertiary/aromatic N) is 2. The summed E-state index contributed by atoms with van der Waals surface area (Å²) in [6.45, 7) is 1.26. The highest BCUT2D eigenvalue weighted by atomic mass is 79.9. The predicted molar refractivity (Wildman–Crippen MR) is 202 cm³/mol. The van der Waals surface area contributed by atoms with E-state index < -0.39 is 28.5 Å². The fourth-order valence-corrected chi connectivity index (χ4v) is 8.71. The number of hydrogen-bond acceptors (Lipinski definition) is 5. The number of carbonyl (C=O) groups is 2. The topological polar surface area (TPSA) is 96.0 Å². The number of hydrogen-bond donors (Lipinski definition) is 1. The molecule has 8 nitrogen and oxygen atoms in total. The Morgan fingerprint density at radius 2 is 1.64 bits per heavy atom. The van der Waals surface area contributed by atoms with Crippen LogP contribution in [0.15, 0.2) is 100 Å². The lowest BCUT2D eigenvalue weighted by Crippen LogP contribution is -2.55. The molecule has 1 fully saturated rings. The SMILES string of the molecule is COc1ccc(S(=O)(=O)N(CC(=O)N(Cc2ccc(Cl)cc2Cl)C(Cc2ccccc2)C(=O)NC2CCCCC2)c2ccc(C)cc2)cc1Br. The van der Waals surface area contributed by atoms with Crippen molar-refractivity contribution in [2.45, 2.75) is 69.0 Å². The third kappa shape index (κ3) is 9.40. The molecule has 1 aliphatic rings. The molecule has 4 aromatic carbocycles. The van der Waals surface area contributed by atoms with E-state index in [4.69, 9.17) is 27.9 Å². The summed E-state index contributed by atoms with van der Waals surface area (Å²) < 4.78 is 35.7. The average Bonchev–Trinajstić information content (AvgIpc) is 3.10. The van der Waals surface area contributed by atoms with Crippen LogP contribution in [0, 0.1) is 6.92 Å². The van der Waals surface area contributed by atoms with E-state index in [-0.39, 0.29) is 29.8 Å². The first-order valence-corrected chi connectivity index (χ1v) is 19.5. The maximum Gasteiger partial charge on any atom is 0.264 e. The highest BCUT2D eigenvalue weighted by Gasteiger charge is 2.36. The molecule has 0 aliphatic heterocycles. The molecule has 0 aromatic heterocycles. The number of anilines is 1. The van der Waals surface area contributed by atoms with E-state index in [0.29, 0.717) is 31.5 Å². The van der Waals surface area contributed by atoms with Crippen LogP contribution in [0.25, 0.3) is 0 Å². The molecule has 0 spiro atoms. The standard InChI is InChI=1S/C38H40BrCl2N3O5S/c1-26-13-17-31(18-14-26)44(50(47,48)32-19-20-36(49-2)33(39)23-32)25-37(45)43(24-28-15-16-29(40)22-34(28)41)35(21-27-9-5-3-6-10-27)38(46)42-30-11-7-4-8-12-30/h3,5-6,9-10,13-20,22-23,30,35H,4,7-8,11-12,21,24-25H2,1-2H3,(H,42,46). The first-order chi connectivity index (χ1) is 24.0. The largest absolute Gasteiger partial charge is 0.496 e. The van der Waals surface area contributed by atoms with Crippen molar-refractivity contribution in [3.63, 3.8) is 0 Å². The molecule has 2 amide bonds. The lowest BCUT2D eigenvalue weighted by atomic mass is 9.94. The van der Waals surface area contributed by atoms with Gasteiger partial charge in [0.05, 0.1) is 22.2 Å². The molecule has 5 rings (SSSR count). The van der Waals surface area contributed by atoms with Crippen molar-refractivity contribution in [2.75, 3.05) is 18.0 Å². The monoisotopic (exact) mass is 799 g/mol. The van der Waals surface area contributed by atoms with Crippen molar-refractivity contribution in [2.24, 2.45) is 0 Å². The van der Waals surface area contributed by atoms with E-state index in [1.807, 2.05) is 37.3 Å². The van der Waals surface area contributed by atoms with Crippen molar-refractivity contribution in [3.8, 4) is 5.75 Å². The zero-order valence-electron chi connectivity index (χ0n) is 27.9. The lowest BCUT2D eigenvalue weighted by molar-refractivity contribution is -0.140. The summed E-state index contributed by atoms with van der Waals surface area (Å²) in [7, 11) is -2.81. The van der Waals surface area contributed by atoms with Gasteiger partial charge in [0, 0.05) is 29.1 Å². The Bertz CT molecular complexity index is 1910. The Labute approximate surface area is 312 Å². The number of aryl methyl sites for hydroxylation is 1. The van der Waals surface area contributed by atoms with Crippen LogP contribution < -0.4 is 14.4 Å². The number of carbonyl (C=O) groups excluding carboxylic acids is 2. The first kappa shape index (κ1) is 37.7. The number of sulfonamides is 1. The fourth-order valence-electron chi connectivity index (χ4n) is 6.11. The third-order valence-electron chi connectivity index (χ3n) is 8.89. The van der Waals surface area contributed by atoms with Crippen LogP contribution in [-0.4, -0.2) is 50.9 Å². The van der Waals surface area contributed by atoms with Crippen molar-refractivity contribution < 1.29 is 22.7 Å². The molecule has 0 radical (unpaired) electrons. The summed E-state index contributed by atoms with van der Waals surface area (Å²) in [4.78, 5) is 30.5. The van der Waals surface area contributed by atoms with Crippen molar-refractivity contribution >= 4 is 66.7 Å². The van der Waals surface area contributed by atoms with Crippen molar-refractivity contribution in [3.05, 3.63) is 122 Å². The maximum atomic E-state index is 14.8. The summed E-state index contributed by atoms with van der Waals surface area (Å²) in [6.07, 6.45) is 5.08. The highest BCUT2D eigenvalue weighted by molar-refractivity contribution is 9.10. The quantitative estimate of drug-likeness (QED) is 0.147. The van der Waals surface area contributed by atoms with Gasteiger partial charge in [-0.2, -0.15) is 0 Å². The van der Waals surface area contributed by atoms with Crippen LogP contribution in [0.5, 0.6) is 5.75 Å². The van der Waals surface area contributed by atoms with Gasteiger partial charge in [-0.05, 0) is 89.3 Å². The number of halogens is 3. The van der Waals surface area contributed by atoms with Crippen molar-refractivity contribution in [1.82, 2.24) is 10.2 Å². The van der Waals surface area contributed by atoms with Gasteiger partial charge >= 0.3 is 0 Å². The summed E-state index contributed by atoms with van der Waals surface area (Å²) in [5, 5.41) is 3.96. The molecule has 50 heavy (non-hydrogen) atoms. The normalized spacial score (nSPS) is 14.1. The van der Waals surface area contributed by atoms with E-state index in [1.165, 1.54) is 24.1 Å². The molecule has 0 heterocycles. The summed E-state index contributed by atoms with van der Waals surface area (Å²) in [5.41, 5.74) is 2.64. The highest BCUT2D eigenvalue weighted by Crippen LogP contribution is 2.32. The molecule has 12 heteroatoms. The molecule has 1 unspecified atom stereocenters. The first-order valence-electron chi connectivity index (χ1n) is 16.5. The van der Waals surface area contributed by atoms with Gasteiger partial charge in [0.25, 0.3) is 10.0 Å². The number of nitrogens with one attached hydrogen (secondary N) is 1. The fraction of sp³-hybridized carbons (Fsp3) is 0.316. The number of methoxy groups -OCH3 is 1. The van der Waals surface area contributed by atoms with E-state index in [1.54, 1.807) is 48.5 Å². The maximum absolute atomic E-state index is 14.8. The number of amides is 2. The Morgan fingerprint density at radius 1 is 0.940 bits per heavy atom. The van der Waals surface area contributed by atoms with Gasteiger partial charge in [-0.3, -0.25) is 13.9 Å². The molecular weight excluding hydrogens is 761 g/mol. The van der Waals surface area contributed by atoms with Gasteiger partial charge in [0.15, 0.2) is 0 Å². The smallest absolute Gasteiger partial charge is 0.264 e. The molecule has 264 valence electrons. The van der Waals surface area contributed by atoms with Gasteiger partial charge in [-0.1, -0.05) is 96.6 Å². The van der Waals surface area contributed by atoms with E-state index >= 15 is 0 Å². The molecule has 1 atom stereocenters. The van der Waals surface area contributed by atoms with Gasteiger partial charge in [-0.15, -0.1) is 0 Å². The van der Waals surface area contributed by atoms with Gasteiger partial charge in [0.2, 0.25) is 11.8 Å². The average molecular weight is 802 g/mol. The van der Waals surface area contributed by atoms with Crippen LogP contribution in [0.4, 0.5) is 5.69 Å². The Balaban J connectivity index is 1.59. The molecule has 4 aromatic rings. The summed E-state index contributed by atoms with van der Waals surface area (Å²) >= 11 is 16.3. The lowest BCUT2D eigenvalue weighted by Gasteiger charge is -2.35. The molecular formula is C38H40BrCl2N3O5S. The molecule has 0 bridgehead atoms. The summed E-state index contributed by atoms with van der Waals surface area (Å²) in [6, 6.07) is 24.8. The minimum Gasteiger partial charge on any atom is -0.496 e.